The van der Waals surface area contributed by atoms with E-state index in [0.717, 1.165) is 6.42 Å². The fourth-order valence-corrected chi connectivity index (χ4v) is 3.51. The van der Waals surface area contributed by atoms with Crippen LogP contribution in [-0.4, -0.2) is 7.05 Å². The third-order valence-corrected chi connectivity index (χ3v) is 4.58. The molecule has 1 aliphatic rings. The molecule has 0 fully saturated rings. The molecule has 0 bridgehead atoms. The molecular weight excluding hydrogens is 242 g/mol. The number of nitrogens with one attached hydrogen (secondary N) is 1. The minimum atomic E-state index is 0.453. The van der Waals surface area contributed by atoms with Crippen LogP contribution in [0.25, 0.3) is 0 Å². The van der Waals surface area contributed by atoms with Crippen molar-refractivity contribution in [1.82, 2.24) is 5.32 Å². The van der Waals surface area contributed by atoms with E-state index in [9.17, 15) is 0 Å². The largest absolute Gasteiger partial charge is 0.313 e. The maximum absolute atomic E-state index is 3.55. The van der Waals surface area contributed by atoms with Crippen LogP contribution in [0.15, 0.2) is 48.5 Å². The third-order valence-electron chi connectivity index (χ3n) is 4.58. The normalized spacial score (nSPS) is 16.1. The predicted octanol–water partition coefficient (Wildman–Crippen LogP) is 3.92. The number of rotatable bonds is 4. The van der Waals surface area contributed by atoms with Gasteiger partial charge in [0.1, 0.15) is 0 Å². The highest BCUT2D eigenvalue weighted by Gasteiger charge is 2.28. The quantitative estimate of drug-likeness (QED) is 0.883. The van der Waals surface area contributed by atoms with Crippen LogP contribution in [0.3, 0.4) is 0 Å². The van der Waals surface area contributed by atoms with Gasteiger partial charge < -0.3 is 5.32 Å². The van der Waals surface area contributed by atoms with E-state index in [2.05, 4.69) is 67.8 Å². The van der Waals surface area contributed by atoms with Gasteiger partial charge in [-0.3, -0.25) is 0 Å². The Morgan fingerprint density at radius 1 is 1.05 bits per heavy atom. The van der Waals surface area contributed by atoms with E-state index in [0.29, 0.717) is 12.0 Å². The topological polar surface area (TPSA) is 12.0 Å². The molecule has 0 heterocycles. The molecule has 1 aliphatic carbocycles. The molecule has 3 rings (SSSR count). The summed E-state index contributed by atoms with van der Waals surface area (Å²) < 4.78 is 0. The molecule has 1 atom stereocenters. The first-order chi connectivity index (χ1) is 9.81. The van der Waals surface area contributed by atoms with Gasteiger partial charge in [-0.1, -0.05) is 55.5 Å². The van der Waals surface area contributed by atoms with Crippen molar-refractivity contribution in [3.63, 3.8) is 0 Å². The van der Waals surface area contributed by atoms with Gasteiger partial charge in [0.15, 0.2) is 0 Å². The second kappa shape index (κ2) is 5.80. The molecular formula is C19H23N. The first-order valence-electron chi connectivity index (χ1n) is 7.64. The van der Waals surface area contributed by atoms with Crippen molar-refractivity contribution < 1.29 is 0 Å². The molecule has 1 nitrogen and oxygen atoms in total. The summed E-state index contributed by atoms with van der Waals surface area (Å²) in [5.41, 5.74) is 5.93. The average Bonchev–Trinajstić information content (AvgIpc) is 2.91. The molecule has 0 spiro atoms. The molecule has 0 amide bonds. The highest BCUT2D eigenvalue weighted by Crippen LogP contribution is 2.35. The highest BCUT2D eigenvalue weighted by molar-refractivity contribution is 5.35. The molecule has 2 aromatic carbocycles. The lowest BCUT2D eigenvalue weighted by molar-refractivity contribution is 0.397. The van der Waals surface area contributed by atoms with Gasteiger partial charge in [-0.15, -0.1) is 0 Å². The molecule has 0 saturated heterocycles. The lowest BCUT2D eigenvalue weighted by atomic mass is 9.89. The van der Waals surface area contributed by atoms with Gasteiger partial charge in [-0.25, -0.2) is 0 Å². The Morgan fingerprint density at radius 2 is 1.75 bits per heavy atom. The molecule has 0 saturated carbocycles. The Labute approximate surface area is 122 Å². The van der Waals surface area contributed by atoms with Crippen LogP contribution in [0.5, 0.6) is 0 Å². The van der Waals surface area contributed by atoms with E-state index in [1.165, 1.54) is 35.1 Å². The first-order valence-corrected chi connectivity index (χ1v) is 7.64. The minimum absolute atomic E-state index is 0.453. The maximum Gasteiger partial charge on any atom is 0.0352 e. The molecule has 104 valence electrons. The minimum Gasteiger partial charge on any atom is -0.313 e. The van der Waals surface area contributed by atoms with Gasteiger partial charge in [-0.05, 0) is 54.5 Å². The summed E-state index contributed by atoms with van der Waals surface area (Å²) in [4.78, 5) is 0. The Hall–Kier alpha value is -1.60. The summed E-state index contributed by atoms with van der Waals surface area (Å²) in [6.07, 6.45) is 3.49. The summed E-state index contributed by atoms with van der Waals surface area (Å²) in [5.74, 6) is 0.671. The summed E-state index contributed by atoms with van der Waals surface area (Å²) in [6, 6.07) is 18.4. The van der Waals surface area contributed by atoms with Gasteiger partial charge >= 0.3 is 0 Å². The Morgan fingerprint density at radius 3 is 2.35 bits per heavy atom. The van der Waals surface area contributed by atoms with Gasteiger partial charge in [0, 0.05) is 6.04 Å². The van der Waals surface area contributed by atoms with Gasteiger partial charge in [0.2, 0.25) is 0 Å². The van der Waals surface area contributed by atoms with E-state index in [4.69, 9.17) is 0 Å². The highest BCUT2D eigenvalue weighted by atomic mass is 14.9. The molecule has 2 aromatic rings. The number of aryl methyl sites for hydroxylation is 1. The van der Waals surface area contributed by atoms with Crippen molar-refractivity contribution in [1.29, 1.82) is 0 Å². The molecule has 0 aliphatic heterocycles. The number of benzene rings is 2. The van der Waals surface area contributed by atoms with Gasteiger partial charge in [0.25, 0.3) is 0 Å². The standard InChI is InChI=1S/C19H23N/c1-3-14-7-6-10-17(11-14)19(20-2)18-12-15-8-4-5-9-16(15)13-18/h4-11,18-20H,3,12-13H2,1-2H3. The molecule has 20 heavy (non-hydrogen) atoms. The lowest BCUT2D eigenvalue weighted by Gasteiger charge is -2.24. The van der Waals surface area contributed by atoms with Crippen LogP contribution in [0.4, 0.5) is 0 Å². The van der Waals surface area contributed by atoms with Crippen molar-refractivity contribution in [3.8, 4) is 0 Å². The monoisotopic (exact) mass is 265 g/mol. The van der Waals surface area contributed by atoms with Crippen LogP contribution in [0.1, 0.15) is 35.2 Å². The molecule has 1 N–H and O–H groups in total. The van der Waals surface area contributed by atoms with Crippen LogP contribution in [0.2, 0.25) is 0 Å². The second-order valence-electron chi connectivity index (χ2n) is 5.80. The smallest absolute Gasteiger partial charge is 0.0352 e. The summed E-state index contributed by atoms with van der Waals surface area (Å²) in [6.45, 7) is 2.22. The van der Waals surface area contributed by atoms with Crippen molar-refractivity contribution in [3.05, 3.63) is 70.8 Å². The number of hydrogen-bond acceptors (Lipinski definition) is 1. The van der Waals surface area contributed by atoms with Gasteiger partial charge in [0.05, 0.1) is 0 Å². The fraction of sp³-hybridized carbons (Fsp3) is 0.368. The number of hydrogen-bond donors (Lipinski definition) is 1. The van der Waals surface area contributed by atoms with Crippen LogP contribution >= 0.6 is 0 Å². The van der Waals surface area contributed by atoms with Crippen LogP contribution in [0, 0.1) is 5.92 Å². The molecule has 0 radical (unpaired) electrons. The fourth-order valence-electron chi connectivity index (χ4n) is 3.51. The van der Waals surface area contributed by atoms with Crippen LogP contribution in [-0.2, 0) is 19.3 Å². The van der Waals surface area contributed by atoms with Crippen molar-refractivity contribution in [2.24, 2.45) is 5.92 Å². The van der Waals surface area contributed by atoms with E-state index >= 15 is 0 Å². The second-order valence-corrected chi connectivity index (χ2v) is 5.80. The lowest BCUT2D eigenvalue weighted by Crippen LogP contribution is -2.25. The Bertz CT molecular complexity index is 563. The van der Waals surface area contributed by atoms with Crippen molar-refractivity contribution in [2.75, 3.05) is 7.05 Å². The molecule has 0 aromatic heterocycles. The third kappa shape index (κ3) is 2.51. The SMILES string of the molecule is CCc1cccc(C(NC)C2Cc3ccccc3C2)c1. The molecule has 1 heteroatoms. The summed E-state index contributed by atoms with van der Waals surface area (Å²) in [5, 5.41) is 3.55. The predicted molar refractivity (Wildman–Crippen MR) is 85.0 cm³/mol. The van der Waals surface area contributed by atoms with E-state index < -0.39 is 0 Å². The van der Waals surface area contributed by atoms with Crippen LogP contribution < -0.4 is 5.32 Å². The number of fused-ring (bicyclic) bond motifs is 1. The zero-order valence-electron chi connectivity index (χ0n) is 12.4. The zero-order chi connectivity index (χ0) is 13.9. The average molecular weight is 265 g/mol. The molecule has 1 unspecified atom stereocenters. The summed E-state index contributed by atoms with van der Waals surface area (Å²) >= 11 is 0. The first kappa shape index (κ1) is 13.4. The van der Waals surface area contributed by atoms with E-state index in [1.54, 1.807) is 0 Å². The van der Waals surface area contributed by atoms with E-state index in [-0.39, 0.29) is 0 Å². The summed E-state index contributed by atoms with van der Waals surface area (Å²) in [7, 11) is 2.09. The van der Waals surface area contributed by atoms with Crippen molar-refractivity contribution >= 4 is 0 Å². The van der Waals surface area contributed by atoms with Crippen molar-refractivity contribution in [2.45, 2.75) is 32.2 Å². The Kier molecular flexibility index (Phi) is 3.88. The zero-order valence-corrected chi connectivity index (χ0v) is 12.4. The van der Waals surface area contributed by atoms with E-state index in [1.807, 2.05) is 0 Å². The van der Waals surface area contributed by atoms with Gasteiger partial charge in [-0.2, -0.15) is 0 Å². The Balaban J connectivity index is 1.85. The maximum atomic E-state index is 3.55.